The van der Waals surface area contributed by atoms with E-state index >= 15 is 0 Å². The standard InChI is InChI=1S/C18H34N4S/c1-15(2)19-21-17(11-7-5-8-12-17)23-18(22-20-16(3)4)13-9-6-10-14-18/h15-16H,5-14H2,1-4H3. The lowest BCUT2D eigenvalue weighted by molar-refractivity contribution is 0.358. The van der Waals surface area contributed by atoms with Crippen molar-refractivity contribution in [1.29, 1.82) is 0 Å². The maximum atomic E-state index is 4.87. The van der Waals surface area contributed by atoms with Crippen LogP contribution in [0.5, 0.6) is 0 Å². The SMILES string of the molecule is CC(C)N=NC1(SC2(N=NC(C)C)CCCCC2)CCCCC1. The Kier molecular flexibility index (Phi) is 7.05. The van der Waals surface area contributed by atoms with Gasteiger partial charge in [0.25, 0.3) is 0 Å². The second-order valence-electron chi connectivity index (χ2n) is 7.73. The van der Waals surface area contributed by atoms with Gasteiger partial charge in [0.1, 0.15) is 9.74 Å². The Hall–Kier alpha value is -0.450. The number of azo groups is 2. The van der Waals surface area contributed by atoms with E-state index in [9.17, 15) is 0 Å². The van der Waals surface area contributed by atoms with Crippen LogP contribution in [0.1, 0.15) is 91.9 Å². The molecule has 0 N–H and O–H groups in total. The van der Waals surface area contributed by atoms with Gasteiger partial charge in [0.2, 0.25) is 0 Å². The molecule has 2 fully saturated rings. The average Bonchev–Trinajstić information content (AvgIpc) is 2.53. The summed E-state index contributed by atoms with van der Waals surface area (Å²) >= 11 is 2.00. The van der Waals surface area contributed by atoms with E-state index in [-0.39, 0.29) is 21.8 Å². The molecule has 2 aliphatic carbocycles. The molecule has 132 valence electrons. The molecule has 2 rings (SSSR count). The molecule has 23 heavy (non-hydrogen) atoms. The van der Waals surface area contributed by atoms with E-state index in [1.165, 1.54) is 38.5 Å². The van der Waals surface area contributed by atoms with E-state index < -0.39 is 0 Å². The summed E-state index contributed by atoms with van der Waals surface area (Å²) in [5, 5.41) is 18.8. The van der Waals surface area contributed by atoms with Crippen LogP contribution in [0.25, 0.3) is 0 Å². The Morgan fingerprint density at radius 3 is 1.26 bits per heavy atom. The molecule has 0 radical (unpaired) electrons. The number of nitrogens with zero attached hydrogens (tertiary/aromatic N) is 4. The highest BCUT2D eigenvalue weighted by Gasteiger charge is 2.44. The topological polar surface area (TPSA) is 49.4 Å². The first kappa shape index (κ1) is 18.9. The van der Waals surface area contributed by atoms with E-state index in [1.54, 1.807) is 0 Å². The first-order chi connectivity index (χ1) is 11.0. The summed E-state index contributed by atoms with van der Waals surface area (Å²) < 4.78 is 0. The third kappa shape index (κ3) is 5.84. The van der Waals surface area contributed by atoms with E-state index in [0.29, 0.717) is 0 Å². The van der Waals surface area contributed by atoms with Crippen LogP contribution in [0.2, 0.25) is 0 Å². The third-order valence-corrected chi connectivity index (χ3v) is 6.33. The van der Waals surface area contributed by atoms with Gasteiger partial charge >= 0.3 is 0 Å². The molecule has 0 heterocycles. The average molecular weight is 339 g/mol. The monoisotopic (exact) mass is 338 g/mol. The highest BCUT2D eigenvalue weighted by atomic mass is 32.2. The summed E-state index contributed by atoms with van der Waals surface area (Å²) in [6, 6.07) is 0.544. The Morgan fingerprint density at radius 2 is 0.957 bits per heavy atom. The zero-order valence-electron chi connectivity index (χ0n) is 15.4. The van der Waals surface area contributed by atoms with Crippen LogP contribution in [0.15, 0.2) is 20.5 Å². The zero-order valence-corrected chi connectivity index (χ0v) is 16.2. The molecule has 0 spiro atoms. The van der Waals surface area contributed by atoms with Gasteiger partial charge in [0, 0.05) is 0 Å². The van der Waals surface area contributed by atoms with Gasteiger partial charge in [-0.3, -0.25) is 0 Å². The van der Waals surface area contributed by atoms with Gasteiger partial charge < -0.3 is 0 Å². The van der Waals surface area contributed by atoms with Gasteiger partial charge in [-0.25, -0.2) is 0 Å². The fourth-order valence-electron chi connectivity index (χ4n) is 3.45. The fourth-order valence-corrected chi connectivity index (χ4v) is 5.32. The summed E-state index contributed by atoms with van der Waals surface area (Å²) in [5.41, 5.74) is 0. The molecule has 2 aliphatic rings. The Morgan fingerprint density at radius 1 is 0.609 bits per heavy atom. The van der Waals surface area contributed by atoms with Crippen molar-refractivity contribution in [3.8, 4) is 0 Å². The summed E-state index contributed by atoms with van der Waals surface area (Å²) in [6.45, 7) is 8.44. The van der Waals surface area contributed by atoms with Crippen molar-refractivity contribution in [1.82, 2.24) is 0 Å². The van der Waals surface area contributed by atoms with Gasteiger partial charge in [-0.1, -0.05) is 50.3 Å². The Labute approximate surface area is 146 Å². The smallest absolute Gasteiger partial charge is 0.129 e. The lowest BCUT2D eigenvalue weighted by Gasteiger charge is -2.41. The summed E-state index contributed by atoms with van der Waals surface area (Å²) in [6.07, 6.45) is 12.3. The minimum Gasteiger partial charge on any atom is -0.190 e. The van der Waals surface area contributed by atoms with Gasteiger partial charge in [0.05, 0.1) is 12.1 Å². The zero-order chi connectivity index (χ0) is 16.8. The maximum absolute atomic E-state index is 4.87. The molecule has 2 saturated carbocycles. The van der Waals surface area contributed by atoms with Gasteiger partial charge in [-0.05, 0) is 53.4 Å². The van der Waals surface area contributed by atoms with Crippen molar-refractivity contribution >= 4 is 11.8 Å². The van der Waals surface area contributed by atoms with Crippen LogP contribution in [-0.4, -0.2) is 21.8 Å². The fraction of sp³-hybridized carbons (Fsp3) is 1.00. The van der Waals surface area contributed by atoms with E-state index in [1.807, 2.05) is 11.8 Å². The molecule has 0 aromatic carbocycles. The maximum Gasteiger partial charge on any atom is 0.129 e. The third-order valence-electron chi connectivity index (χ3n) is 4.59. The van der Waals surface area contributed by atoms with Crippen LogP contribution in [0, 0.1) is 0 Å². The van der Waals surface area contributed by atoms with Crippen molar-refractivity contribution in [2.75, 3.05) is 0 Å². The molecule has 0 amide bonds. The highest BCUT2D eigenvalue weighted by Crippen LogP contribution is 2.53. The number of hydrogen-bond acceptors (Lipinski definition) is 5. The quantitative estimate of drug-likeness (QED) is 0.493. The van der Waals surface area contributed by atoms with Crippen LogP contribution in [0.3, 0.4) is 0 Å². The number of rotatable bonds is 6. The second-order valence-corrected chi connectivity index (χ2v) is 9.46. The van der Waals surface area contributed by atoms with Gasteiger partial charge in [-0.2, -0.15) is 20.5 Å². The molecule has 4 nitrogen and oxygen atoms in total. The van der Waals surface area contributed by atoms with Gasteiger partial charge in [-0.15, -0.1) is 0 Å². The van der Waals surface area contributed by atoms with Crippen molar-refractivity contribution < 1.29 is 0 Å². The number of thioether (sulfide) groups is 1. The first-order valence-electron chi connectivity index (χ1n) is 9.50. The summed E-state index contributed by atoms with van der Waals surface area (Å²) in [4.78, 5) is -0.119. The van der Waals surface area contributed by atoms with Crippen molar-refractivity contribution in [3.63, 3.8) is 0 Å². The van der Waals surface area contributed by atoms with Crippen LogP contribution in [-0.2, 0) is 0 Å². The highest BCUT2D eigenvalue weighted by molar-refractivity contribution is 8.02. The summed E-state index contributed by atoms with van der Waals surface area (Å²) in [7, 11) is 0. The lowest BCUT2D eigenvalue weighted by Crippen LogP contribution is -2.36. The Balaban J connectivity index is 2.22. The predicted molar refractivity (Wildman–Crippen MR) is 99.2 cm³/mol. The van der Waals surface area contributed by atoms with Crippen molar-refractivity contribution in [3.05, 3.63) is 0 Å². The number of hydrogen-bond donors (Lipinski definition) is 0. The van der Waals surface area contributed by atoms with E-state index in [4.69, 9.17) is 10.2 Å². The molecular formula is C18H34N4S. The van der Waals surface area contributed by atoms with Gasteiger partial charge in [0.15, 0.2) is 0 Å². The molecule has 0 aliphatic heterocycles. The molecule has 0 aromatic heterocycles. The molecule has 0 bridgehead atoms. The van der Waals surface area contributed by atoms with E-state index in [0.717, 1.165) is 25.7 Å². The van der Waals surface area contributed by atoms with Crippen LogP contribution in [0.4, 0.5) is 0 Å². The molecule has 0 unspecified atom stereocenters. The minimum atomic E-state index is -0.0597. The predicted octanol–water partition coefficient (Wildman–Crippen LogP) is 6.76. The molecule has 0 saturated heterocycles. The molecular weight excluding hydrogens is 304 g/mol. The second kappa shape index (κ2) is 8.59. The summed E-state index contributed by atoms with van der Waals surface area (Å²) in [5.74, 6) is 0. The molecule has 0 atom stereocenters. The van der Waals surface area contributed by atoms with Crippen molar-refractivity contribution in [2.24, 2.45) is 20.5 Å². The van der Waals surface area contributed by atoms with Crippen molar-refractivity contribution in [2.45, 2.75) is 114 Å². The Bertz CT molecular complexity index is 367. The molecule has 5 heteroatoms. The first-order valence-corrected chi connectivity index (χ1v) is 10.3. The lowest BCUT2D eigenvalue weighted by atomic mass is 9.94. The van der Waals surface area contributed by atoms with E-state index in [2.05, 4.69) is 37.9 Å². The van der Waals surface area contributed by atoms with Crippen LogP contribution < -0.4 is 0 Å². The molecule has 0 aromatic rings. The largest absolute Gasteiger partial charge is 0.190 e. The minimum absolute atomic E-state index is 0.0597. The van der Waals surface area contributed by atoms with Crippen LogP contribution >= 0.6 is 11.8 Å². The normalized spacial score (nSPS) is 25.0.